The number of hydrogen-bond donors (Lipinski definition) is 1. The largest absolute Gasteiger partial charge is 0.464 e. The highest BCUT2D eigenvalue weighted by molar-refractivity contribution is 8.23. The minimum Gasteiger partial charge on any atom is -0.464 e. The summed E-state index contributed by atoms with van der Waals surface area (Å²) in [6.07, 6.45) is 0. The monoisotopic (exact) mass is 191 g/mol. The van der Waals surface area contributed by atoms with Gasteiger partial charge in [0.2, 0.25) is 0 Å². The first kappa shape index (κ1) is 8.80. The van der Waals surface area contributed by atoms with E-state index in [-0.39, 0.29) is 12.0 Å². The molecule has 1 aliphatic rings. The molecule has 1 unspecified atom stereocenters. The smallest absolute Gasteiger partial charge is 0.329 e. The molecule has 0 bridgehead atoms. The van der Waals surface area contributed by atoms with Crippen LogP contribution < -0.4 is 5.32 Å². The topological polar surface area (TPSA) is 38.3 Å². The Balaban J connectivity index is 2.37. The molecule has 1 saturated heterocycles. The van der Waals surface area contributed by atoms with Gasteiger partial charge in [-0.3, -0.25) is 0 Å². The number of thiocarbonyl (C=S) groups is 1. The van der Waals surface area contributed by atoms with Gasteiger partial charge in [-0.15, -0.1) is 0 Å². The molecule has 62 valence electrons. The van der Waals surface area contributed by atoms with Crippen molar-refractivity contribution < 1.29 is 9.53 Å². The number of esters is 1. The quantitative estimate of drug-likeness (QED) is 0.509. The second kappa shape index (κ2) is 3.92. The van der Waals surface area contributed by atoms with Crippen LogP contribution in [0.4, 0.5) is 0 Å². The normalized spacial score (nSPS) is 23.0. The van der Waals surface area contributed by atoms with Crippen molar-refractivity contribution in [3.05, 3.63) is 0 Å². The maximum absolute atomic E-state index is 11.0. The van der Waals surface area contributed by atoms with Crippen molar-refractivity contribution in [3.8, 4) is 0 Å². The fourth-order valence-electron chi connectivity index (χ4n) is 0.754. The lowest BCUT2D eigenvalue weighted by molar-refractivity contribution is -0.144. The third kappa shape index (κ3) is 2.34. The van der Waals surface area contributed by atoms with Gasteiger partial charge >= 0.3 is 5.97 Å². The van der Waals surface area contributed by atoms with Crippen molar-refractivity contribution in [1.29, 1.82) is 0 Å². The molecule has 0 amide bonds. The van der Waals surface area contributed by atoms with Gasteiger partial charge in [0, 0.05) is 5.75 Å². The number of thioether (sulfide) groups is 1. The van der Waals surface area contributed by atoms with Crippen LogP contribution in [0.3, 0.4) is 0 Å². The van der Waals surface area contributed by atoms with E-state index < -0.39 is 0 Å². The molecule has 0 aromatic rings. The van der Waals surface area contributed by atoms with E-state index in [1.807, 2.05) is 0 Å². The van der Waals surface area contributed by atoms with Crippen LogP contribution in [-0.4, -0.2) is 28.7 Å². The Bertz CT molecular complexity index is 183. The lowest BCUT2D eigenvalue weighted by Gasteiger charge is -2.07. The van der Waals surface area contributed by atoms with Crippen LogP contribution in [0, 0.1) is 0 Å². The van der Waals surface area contributed by atoms with Gasteiger partial charge in [0.15, 0.2) is 0 Å². The van der Waals surface area contributed by atoms with Gasteiger partial charge in [-0.25, -0.2) is 4.79 Å². The highest BCUT2D eigenvalue weighted by atomic mass is 32.2. The standard InChI is InChI=1S/C6H9NO2S2/c1-2-9-5(8)4-3-11-6(10)7-4/h4H,2-3H2,1H3,(H,7,10). The van der Waals surface area contributed by atoms with E-state index in [0.29, 0.717) is 16.7 Å². The summed E-state index contributed by atoms with van der Waals surface area (Å²) >= 11 is 6.32. The summed E-state index contributed by atoms with van der Waals surface area (Å²) in [6.45, 7) is 2.22. The van der Waals surface area contributed by atoms with E-state index >= 15 is 0 Å². The zero-order chi connectivity index (χ0) is 8.27. The van der Waals surface area contributed by atoms with Gasteiger partial charge < -0.3 is 10.1 Å². The minimum absolute atomic E-state index is 0.208. The van der Waals surface area contributed by atoms with Crippen LogP contribution >= 0.6 is 24.0 Å². The molecule has 0 aromatic carbocycles. The van der Waals surface area contributed by atoms with E-state index in [0.717, 1.165) is 0 Å². The van der Waals surface area contributed by atoms with E-state index in [1.165, 1.54) is 11.8 Å². The first-order chi connectivity index (χ1) is 5.24. The molecule has 0 saturated carbocycles. The van der Waals surface area contributed by atoms with Gasteiger partial charge in [-0.2, -0.15) is 0 Å². The molecule has 1 aliphatic heterocycles. The van der Waals surface area contributed by atoms with Crippen molar-refractivity contribution in [1.82, 2.24) is 5.32 Å². The van der Waals surface area contributed by atoms with Crippen LogP contribution in [0.25, 0.3) is 0 Å². The summed E-state index contributed by atoms with van der Waals surface area (Å²) in [7, 11) is 0. The zero-order valence-electron chi connectivity index (χ0n) is 6.12. The molecular formula is C6H9NO2S2. The summed E-state index contributed by atoms with van der Waals surface area (Å²) in [4.78, 5) is 11.0. The van der Waals surface area contributed by atoms with Gasteiger partial charge in [0.1, 0.15) is 10.4 Å². The number of rotatable bonds is 2. The van der Waals surface area contributed by atoms with Gasteiger partial charge in [-0.05, 0) is 6.92 Å². The van der Waals surface area contributed by atoms with E-state index in [4.69, 9.17) is 17.0 Å². The molecule has 3 nitrogen and oxygen atoms in total. The minimum atomic E-state index is -0.229. The summed E-state index contributed by atoms with van der Waals surface area (Å²) in [5, 5.41) is 2.86. The van der Waals surface area contributed by atoms with Crippen LogP contribution in [-0.2, 0) is 9.53 Å². The van der Waals surface area contributed by atoms with Crippen LogP contribution in [0.2, 0.25) is 0 Å². The molecule has 0 aromatic heterocycles. The van der Waals surface area contributed by atoms with Crippen molar-refractivity contribution in [2.45, 2.75) is 13.0 Å². The Kier molecular flexibility index (Phi) is 3.14. The Hall–Kier alpha value is -0.290. The van der Waals surface area contributed by atoms with Crippen LogP contribution in [0.1, 0.15) is 6.92 Å². The SMILES string of the molecule is CCOC(=O)C1CSC(=S)N1. The summed E-state index contributed by atoms with van der Waals surface area (Å²) in [5.41, 5.74) is 0. The predicted molar refractivity (Wildman–Crippen MR) is 48.6 cm³/mol. The third-order valence-electron chi connectivity index (χ3n) is 1.24. The maximum Gasteiger partial charge on any atom is 0.329 e. The van der Waals surface area contributed by atoms with E-state index in [1.54, 1.807) is 6.92 Å². The van der Waals surface area contributed by atoms with Gasteiger partial charge in [0.25, 0.3) is 0 Å². The summed E-state index contributed by atoms with van der Waals surface area (Å²) < 4.78 is 5.48. The number of hydrogen-bond acceptors (Lipinski definition) is 4. The molecule has 1 heterocycles. The summed E-state index contributed by atoms with van der Waals surface area (Å²) in [5.74, 6) is 0.484. The highest BCUT2D eigenvalue weighted by Gasteiger charge is 2.26. The highest BCUT2D eigenvalue weighted by Crippen LogP contribution is 2.13. The maximum atomic E-state index is 11.0. The Morgan fingerprint density at radius 3 is 3.18 bits per heavy atom. The van der Waals surface area contributed by atoms with E-state index in [9.17, 15) is 4.79 Å². The first-order valence-corrected chi connectivity index (χ1v) is 4.73. The van der Waals surface area contributed by atoms with Crippen LogP contribution in [0.15, 0.2) is 0 Å². The van der Waals surface area contributed by atoms with Gasteiger partial charge in [-0.1, -0.05) is 24.0 Å². The average Bonchev–Trinajstić information content (AvgIpc) is 2.36. The van der Waals surface area contributed by atoms with Crippen molar-refractivity contribution in [2.75, 3.05) is 12.4 Å². The molecule has 1 fully saturated rings. The molecule has 1 rings (SSSR count). The van der Waals surface area contributed by atoms with E-state index in [2.05, 4.69) is 5.32 Å². The van der Waals surface area contributed by atoms with Crippen molar-refractivity contribution in [2.24, 2.45) is 0 Å². The third-order valence-corrected chi connectivity index (χ3v) is 2.60. The fraction of sp³-hybridized carbons (Fsp3) is 0.667. The molecule has 5 heteroatoms. The second-order valence-corrected chi connectivity index (χ2v) is 3.74. The van der Waals surface area contributed by atoms with Crippen LogP contribution in [0.5, 0.6) is 0 Å². The first-order valence-electron chi connectivity index (χ1n) is 3.34. The molecule has 0 spiro atoms. The Morgan fingerprint density at radius 2 is 2.73 bits per heavy atom. The Labute approximate surface area is 74.9 Å². The number of carbonyl (C=O) groups excluding carboxylic acids is 1. The lowest BCUT2D eigenvalue weighted by Crippen LogP contribution is -2.35. The Morgan fingerprint density at radius 1 is 2.00 bits per heavy atom. The molecule has 0 aliphatic carbocycles. The molecule has 1 atom stereocenters. The number of carbonyl (C=O) groups is 1. The van der Waals surface area contributed by atoms with Gasteiger partial charge in [0.05, 0.1) is 6.61 Å². The lowest BCUT2D eigenvalue weighted by atomic mass is 10.3. The molecule has 11 heavy (non-hydrogen) atoms. The van der Waals surface area contributed by atoms with Crippen molar-refractivity contribution in [3.63, 3.8) is 0 Å². The average molecular weight is 191 g/mol. The summed E-state index contributed by atoms with van der Waals surface area (Å²) in [6, 6.07) is -0.229. The number of ether oxygens (including phenoxy) is 1. The number of nitrogens with one attached hydrogen (secondary N) is 1. The van der Waals surface area contributed by atoms with Crippen molar-refractivity contribution >= 4 is 34.3 Å². The molecule has 1 N–H and O–H groups in total. The molecular weight excluding hydrogens is 182 g/mol. The zero-order valence-corrected chi connectivity index (χ0v) is 7.76. The second-order valence-electron chi connectivity index (χ2n) is 2.05. The fourth-order valence-corrected chi connectivity index (χ4v) is 1.86. The molecule has 0 radical (unpaired) electrons. The predicted octanol–water partition coefficient (Wildman–Crippen LogP) is 0.539.